The van der Waals surface area contributed by atoms with Crippen LogP contribution in [0.3, 0.4) is 0 Å². The van der Waals surface area contributed by atoms with Gasteiger partial charge < -0.3 is 0 Å². The number of imidazole rings is 2. The van der Waals surface area contributed by atoms with Crippen LogP contribution in [0.5, 0.6) is 0 Å². The van der Waals surface area contributed by atoms with E-state index in [4.69, 9.17) is 7.66 Å². The Labute approximate surface area is 360 Å². The van der Waals surface area contributed by atoms with Gasteiger partial charge in [0.05, 0.1) is 11.0 Å². The van der Waals surface area contributed by atoms with Crippen molar-refractivity contribution < 1.29 is 0 Å². The molecule has 0 spiro atoms. The summed E-state index contributed by atoms with van der Waals surface area (Å²) in [5.41, 5.74) is 11.7. The molecule has 0 aliphatic heterocycles. The molecule has 0 radical (unpaired) electrons. The molecule has 0 unspecified atom stereocenters. The van der Waals surface area contributed by atoms with Crippen LogP contribution in [-0.4, -0.2) is 33.9 Å². The summed E-state index contributed by atoms with van der Waals surface area (Å²) in [6, 6.07) is 60.8. The number of fused-ring (bicyclic) bond motifs is 4. The van der Waals surface area contributed by atoms with E-state index in [0.29, 0.717) is 0 Å². The Hall–Kier alpha value is -4.24. The molecule has 10 rings (SSSR count). The summed E-state index contributed by atoms with van der Waals surface area (Å²) in [6.45, 7) is 0. The van der Waals surface area contributed by atoms with Gasteiger partial charge in [-0.25, -0.2) is 4.98 Å². The van der Waals surface area contributed by atoms with Crippen molar-refractivity contribution in [3.05, 3.63) is 189 Å². The van der Waals surface area contributed by atoms with Gasteiger partial charge in [-0.3, -0.25) is 4.57 Å². The Bertz CT molecular complexity index is 2960. The zero-order valence-corrected chi connectivity index (χ0v) is 37.2. The standard InChI is InChI=1S/C43H28N2S.C3H5B2I3N2/c1-4-12-29(13-5-1)33-24-25-41-37(26-33)38-28-34(30-14-6-2-7-15-30)27-36(42(38)46-41)31-20-22-32(23-21-31)43-44-39-18-10-11-19-40(39)45(43)35-16-8-3-9-17-35;4-5(8(6)7)10-2-1-9-3-10/h1-28H;1-3H,4H2/i;4TD. The molecule has 10 aromatic rings. The number of thiophene rings is 1. The first-order chi connectivity index (χ1) is 28.4. The predicted octanol–water partition coefficient (Wildman–Crippen LogP) is 13.6. The van der Waals surface area contributed by atoms with E-state index in [0.717, 1.165) is 28.1 Å². The van der Waals surface area contributed by atoms with Crippen LogP contribution in [0.25, 0.3) is 81.7 Å². The molecule has 4 nitrogen and oxygen atoms in total. The molecule has 0 saturated carbocycles. The molecule has 0 saturated heterocycles. The van der Waals surface area contributed by atoms with Crippen LogP contribution in [0.1, 0.15) is 0 Å². The molecule has 3 aromatic heterocycles. The van der Waals surface area contributed by atoms with Crippen molar-refractivity contribution in [2.45, 2.75) is 0 Å². The van der Waals surface area contributed by atoms with Crippen LogP contribution < -0.4 is 0 Å². The average molecular weight is 1080 g/mol. The van der Waals surface area contributed by atoms with E-state index in [1.807, 2.05) is 22.0 Å². The van der Waals surface area contributed by atoms with E-state index in [1.54, 1.807) is 12.5 Å². The summed E-state index contributed by atoms with van der Waals surface area (Å²) >= 11 is 5.42. The first-order valence-corrected chi connectivity index (χ1v) is 32.6. The number of aromatic nitrogens is 4. The third kappa shape index (κ3) is 7.60. The number of para-hydroxylation sites is 3. The molecule has 3 heterocycles. The minimum atomic E-state index is -1.21. The van der Waals surface area contributed by atoms with Crippen LogP contribution in [0.15, 0.2) is 189 Å². The van der Waals surface area contributed by atoms with Gasteiger partial charge in [0.2, 0.25) is 0 Å². The Kier molecular flexibility index (Phi) is 10.4. The quantitative estimate of drug-likeness (QED) is 0.112. The average Bonchev–Trinajstić information content (AvgIpc) is 4.02. The maximum Gasteiger partial charge on any atom is 0.145 e. The molecule has 56 heavy (non-hydrogen) atoms. The van der Waals surface area contributed by atoms with Crippen LogP contribution in [-0.2, 0) is 0 Å². The Balaban J connectivity index is 0.000000314. The van der Waals surface area contributed by atoms with Gasteiger partial charge in [-0.05, 0) is 76.3 Å². The van der Waals surface area contributed by atoms with Gasteiger partial charge in [0, 0.05) is 37.0 Å². The van der Waals surface area contributed by atoms with Gasteiger partial charge in [-0.2, -0.15) is 0 Å². The topological polar surface area (TPSA) is 35.6 Å². The zero-order chi connectivity index (χ0) is 39.6. The fraction of sp³-hybridized carbons (Fsp3) is 0. The van der Waals surface area contributed by atoms with Gasteiger partial charge in [-0.1, -0.05) is 121 Å². The maximum absolute atomic E-state index is 7.39. The predicted molar refractivity (Wildman–Crippen MR) is 270 cm³/mol. The second kappa shape index (κ2) is 16.7. The van der Waals surface area contributed by atoms with Gasteiger partial charge in [0.15, 0.2) is 0 Å². The van der Waals surface area contributed by atoms with Gasteiger partial charge >= 0.3 is 92.0 Å². The second-order valence-corrected chi connectivity index (χ2v) is 39.1. The monoisotopic (exact) mass is 1080 g/mol. The van der Waals surface area contributed by atoms with Crippen molar-refractivity contribution >= 4 is 104 Å². The third-order valence-electron chi connectivity index (χ3n) is 9.79. The second-order valence-electron chi connectivity index (χ2n) is 13.2. The maximum atomic E-state index is 7.39. The van der Waals surface area contributed by atoms with Crippen LogP contribution in [0, 0.1) is 0 Å². The van der Waals surface area contributed by atoms with Crippen molar-refractivity contribution in [3.8, 4) is 50.5 Å². The fourth-order valence-corrected chi connectivity index (χ4v) is 12.3. The summed E-state index contributed by atoms with van der Waals surface area (Å²) in [5.74, 6) is 0.942. The smallest absolute Gasteiger partial charge is 0.145 e. The summed E-state index contributed by atoms with van der Waals surface area (Å²) in [5, 5.41) is 2.60. The summed E-state index contributed by atoms with van der Waals surface area (Å²) < 4.78 is 21.6. The zero-order valence-electron chi connectivity index (χ0n) is 31.9. The van der Waals surface area contributed by atoms with Gasteiger partial charge in [-0.15, -0.1) is 11.3 Å². The van der Waals surface area contributed by atoms with E-state index < -0.39 is 19.3 Å². The third-order valence-corrected chi connectivity index (χ3v) is 19.1. The number of halogens is 3. The molecule has 270 valence electrons. The number of benzene rings is 7. The Morgan fingerprint density at radius 1 is 0.661 bits per heavy atom. The molecule has 0 aliphatic rings. The molecular formula is C46H33B2I3N4S. The van der Waals surface area contributed by atoms with Crippen LogP contribution in [0.4, 0.5) is 0 Å². The van der Waals surface area contributed by atoms with E-state index in [9.17, 15) is 0 Å². The van der Waals surface area contributed by atoms with E-state index in [1.165, 1.54) is 53.6 Å². The number of hydrogen-bond acceptors (Lipinski definition) is 3. The van der Waals surface area contributed by atoms with Crippen molar-refractivity contribution in [1.82, 2.24) is 19.0 Å². The molecule has 0 N–H and O–H groups in total. The normalized spacial score (nSPS) is 11.9. The fourth-order valence-electron chi connectivity index (χ4n) is 7.06. The molecule has 10 heteroatoms. The van der Waals surface area contributed by atoms with Crippen LogP contribution in [0.2, 0.25) is 0 Å². The summed E-state index contributed by atoms with van der Waals surface area (Å²) in [6.07, 6.45) is 5.23. The molecule has 7 aromatic carbocycles. The number of rotatable bonds is 8. The van der Waals surface area contributed by atoms with Crippen molar-refractivity contribution in [2.75, 3.05) is 0 Å². The molecule has 0 amide bonds. The molecular weight excluding hydrogens is 1040 g/mol. The van der Waals surface area contributed by atoms with E-state index >= 15 is 0 Å². The number of hydrogen-bond donors (Lipinski definition) is 0. The van der Waals surface area contributed by atoms with E-state index in [-0.39, 0.29) is 4.59 Å². The first kappa shape index (κ1) is 35.0. The molecule has 0 bridgehead atoms. The van der Waals surface area contributed by atoms with Crippen LogP contribution >= 0.6 is 60.2 Å². The largest absolute Gasteiger partial charge is 0.292 e. The van der Waals surface area contributed by atoms with Crippen molar-refractivity contribution in [2.24, 2.45) is 0 Å². The summed E-state index contributed by atoms with van der Waals surface area (Å²) in [4.78, 5) is 9.02. The molecule has 0 fully saturated rings. The van der Waals surface area contributed by atoms with E-state index in [2.05, 4.69) is 217 Å². The summed E-state index contributed by atoms with van der Waals surface area (Å²) in [7, 11) is -0.779. The van der Waals surface area contributed by atoms with Crippen molar-refractivity contribution in [1.29, 1.82) is 2.67 Å². The Morgan fingerprint density at radius 2 is 1.29 bits per heavy atom. The van der Waals surface area contributed by atoms with Crippen molar-refractivity contribution in [3.63, 3.8) is 0 Å². The SMILES string of the molecule is [2H]B([3H])B(n1ccnc1)I(I)I.c1ccc(-c2ccc3sc4c(-c5ccc(-c6nc7ccccc7n6-c6ccccc6)cc5)cc(-c5ccccc5)cc4c3c2)cc1. The minimum Gasteiger partial charge on any atom is -0.292 e. The molecule has 0 aliphatic carbocycles. The van der Waals surface area contributed by atoms with Gasteiger partial charge in [0.1, 0.15) is 5.82 Å². The first-order valence-electron chi connectivity index (χ1n) is 19.2. The van der Waals surface area contributed by atoms with Gasteiger partial charge in [0.25, 0.3) is 0 Å². The number of nitrogens with zero attached hydrogens (tertiary/aromatic N) is 4. The minimum absolute atomic E-state index is 0.0397. The molecule has 0 atom stereocenters. The Morgan fingerprint density at radius 3 is 1.96 bits per heavy atom.